The van der Waals surface area contributed by atoms with E-state index in [0.29, 0.717) is 0 Å². The maximum atomic E-state index is 3.60. The van der Waals surface area contributed by atoms with Crippen molar-refractivity contribution in [3.05, 3.63) is 21.4 Å². The molecule has 0 aromatic carbocycles. The van der Waals surface area contributed by atoms with Crippen LogP contribution in [0.3, 0.4) is 0 Å². The zero-order chi connectivity index (χ0) is 9.38. The fraction of sp³-hybridized carbons (Fsp3) is 0.636. The molecule has 3 rings (SSSR count). The van der Waals surface area contributed by atoms with Gasteiger partial charge >= 0.3 is 0 Å². The second-order valence-corrected chi connectivity index (χ2v) is 5.21. The van der Waals surface area contributed by atoms with Crippen molar-refractivity contribution in [2.45, 2.75) is 38.4 Å². The Bertz CT molecular complexity index is 328. The molecule has 0 atom stereocenters. The fourth-order valence-electron chi connectivity index (χ4n) is 2.02. The Balaban J connectivity index is 1.72. The summed E-state index contributed by atoms with van der Waals surface area (Å²) in [7, 11) is 0. The maximum absolute atomic E-state index is 3.60. The Morgan fingerprint density at radius 2 is 2.43 bits per heavy atom. The smallest absolute Gasteiger partial charge is 0.0302 e. The van der Waals surface area contributed by atoms with Crippen molar-refractivity contribution in [3.8, 4) is 0 Å². The standard InChI is InChI=1S/C11H16N2S/c1-2-9(1)13-5-8-7-14-11-6-12-4-3-10(8)11/h7,9,12-13H,1-6H2. The first-order valence-electron chi connectivity index (χ1n) is 5.45. The molecule has 2 nitrogen and oxygen atoms in total. The largest absolute Gasteiger partial charge is 0.312 e. The molecule has 0 saturated heterocycles. The van der Waals surface area contributed by atoms with Crippen LogP contribution in [0.1, 0.15) is 28.8 Å². The highest BCUT2D eigenvalue weighted by molar-refractivity contribution is 7.10. The van der Waals surface area contributed by atoms with Crippen molar-refractivity contribution in [2.24, 2.45) is 0 Å². The summed E-state index contributed by atoms with van der Waals surface area (Å²) in [6.45, 7) is 3.33. The van der Waals surface area contributed by atoms with Crippen LogP contribution >= 0.6 is 11.3 Å². The van der Waals surface area contributed by atoms with Crippen LogP contribution in [-0.4, -0.2) is 12.6 Å². The van der Waals surface area contributed by atoms with Crippen LogP contribution in [0.5, 0.6) is 0 Å². The maximum Gasteiger partial charge on any atom is 0.0302 e. The average Bonchev–Trinajstić information content (AvgIpc) is 2.96. The molecule has 2 heterocycles. The van der Waals surface area contributed by atoms with Gasteiger partial charge in [0.15, 0.2) is 0 Å². The van der Waals surface area contributed by atoms with E-state index in [1.54, 1.807) is 16.0 Å². The summed E-state index contributed by atoms with van der Waals surface area (Å²) in [5.74, 6) is 0. The highest BCUT2D eigenvalue weighted by atomic mass is 32.1. The predicted molar refractivity (Wildman–Crippen MR) is 59.6 cm³/mol. The van der Waals surface area contributed by atoms with E-state index in [1.165, 1.54) is 19.3 Å². The molecule has 0 spiro atoms. The van der Waals surface area contributed by atoms with Crippen LogP contribution in [0.15, 0.2) is 5.38 Å². The molecule has 1 saturated carbocycles. The molecule has 2 N–H and O–H groups in total. The molecule has 76 valence electrons. The second-order valence-electron chi connectivity index (χ2n) is 4.24. The van der Waals surface area contributed by atoms with Gasteiger partial charge in [-0.25, -0.2) is 0 Å². The number of hydrogen-bond donors (Lipinski definition) is 2. The average molecular weight is 208 g/mol. The van der Waals surface area contributed by atoms with Crippen molar-refractivity contribution >= 4 is 11.3 Å². The summed E-state index contributed by atoms with van der Waals surface area (Å²) < 4.78 is 0. The SMILES string of the molecule is c1sc2c(c1CNC1CC1)CCNC2. The zero-order valence-electron chi connectivity index (χ0n) is 8.31. The minimum absolute atomic E-state index is 0.826. The summed E-state index contributed by atoms with van der Waals surface area (Å²) in [6, 6.07) is 0.826. The Kier molecular flexibility index (Phi) is 2.32. The first-order valence-corrected chi connectivity index (χ1v) is 6.33. The van der Waals surface area contributed by atoms with Gasteiger partial charge < -0.3 is 10.6 Å². The molecular weight excluding hydrogens is 192 g/mol. The van der Waals surface area contributed by atoms with Gasteiger partial charge in [-0.3, -0.25) is 0 Å². The number of thiophene rings is 1. The molecule has 0 amide bonds. The van der Waals surface area contributed by atoms with E-state index in [2.05, 4.69) is 16.0 Å². The summed E-state index contributed by atoms with van der Waals surface area (Å²) in [5.41, 5.74) is 3.18. The molecule has 3 heteroatoms. The van der Waals surface area contributed by atoms with Gasteiger partial charge in [0, 0.05) is 24.0 Å². The highest BCUT2D eigenvalue weighted by Gasteiger charge is 2.21. The van der Waals surface area contributed by atoms with E-state index in [-0.39, 0.29) is 0 Å². The molecule has 0 unspecified atom stereocenters. The molecule has 2 aliphatic rings. The van der Waals surface area contributed by atoms with Gasteiger partial charge in [0.05, 0.1) is 0 Å². The van der Waals surface area contributed by atoms with Gasteiger partial charge in [-0.1, -0.05) is 0 Å². The van der Waals surface area contributed by atoms with Crippen molar-refractivity contribution in [3.63, 3.8) is 0 Å². The molecule has 0 radical (unpaired) electrons. The van der Waals surface area contributed by atoms with Gasteiger partial charge in [-0.2, -0.15) is 0 Å². The van der Waals surface area contributed by atoms with Gasteiger partial charge in [0.1, 0.15) is 0 Å². The molecular formula is C11H16N2S. The first kappa shape index (κ1) is 8.89. The van der Waals surface area contributed by atoms with E-state index in [1.807, 2.05) is 11.3 Å². The monoisotopic (exact) mass is 208 g/mol. The molecule has 0 bridgehead atoms. The lowest BCUT2D eigenvalue weighted by atomic mass is 10.0. The zero-order valence-corrected chi connectivity index (χ0v) is 9.12. The Labute approximate surface area is 88.7 Å². The lowest BCUT2D eigenvalue weighted by molar-refractivity contribution is 0.637. The van der Waals surface area contributed by atoms with E-state index < -0.39 is 0 Å². The van der Waals surface area contributed by atoms with Gasteiger partial charge in [0.25, 0.3) is 0 Å². The Morgan fingerprint density at radius 1 is 1.50 bits per heavy atom. The van der Waals surface area contributed by atoms with E-state index in [9.17, 15) is 0 Å². The first-order chi connectivity index (χ1) is 6.93. The second kappa shape index (κ2) is 3.65. The van der Waals surface area contributed by atoms with Crippen LogP contribution < -0.4 is 10.6 Å². The number of nitrogens with one attached hydrogen (secondary N) is 2. The fourth-order valence-corrected chi connectivity index (χ4v) is 3.09. The van der Waals surface area contributed by atoms with Crippen molar-refractivity contribution < 1.29 is 0 Å². The third kappa shape index (κ3) is 1.72. The van der Waals surface area contributed by atoms with E-state index in [0.717, 1.165) is 25.7 Å². The summed E-state index contributed by atoms with van der Waals surface area (Å²) in [5, 5.41) is 9.36. The number of rotatable bonds is 3. The van der Waals surface area contributed by atoms with Crippen molar-refractivity contribution in [1.29, 1.82) is 0 Å². The normalized spacial score (nSPS) is 20.9. The topological polar surface area (TPSA) is 24.1 Å². The summed E-state index contributed by atoms with van der Waals surface area (Å²) in [6.07, 6.45) is 3.99. The third-order valence-electron chi connectivity index (χ3n) is 3.06. The van der Waals surface area contributed by atoms with Crippen LogP contribution in [0.4, 0.5) is 0 Å². The van der Waals surface area contributed by atoms with Crippen LogP contribution in [0, 0.1) is 0 Å². The summed E-state index contributed by atoms with van der Waals surface area (Å²) >= 11 is 1.92. The quantitative estimate of drug-likeness (QED) is 0.789. The van der Waals surface area contributed by atoms with Crippen molar-refractivity contribution in [2.75, 3.05) is 6.54 Å². The van der Waals surface area contributed by atoms with Gasteiger partial charge in [-0.05, 0) is 42.3 Å². The lowest BCUT2D eigenvalue weighted by Gasteiger charge is -2.14. The summed E-state index contributed by atoms with van der Waals surface area (Å²) in [4.78, 5) is 1.56. The number of fused-ring (bicyclic) bond motifs is 1. The van der Waals surface area contributed by atoms with Crippen LogP contribution in [0.25, 0.3) is 0 Å². The molecule has 1 aliphatic carbocycles. The molecule has 1 aliphatic heterocycles. The van der Waals surface area contributed by atoms with Gasteiger partial charge in [-0.15, -0.1) is 11.3 Å². The van der Waals surface area contributed by atoms with E-state index in [4.69, 9.17) is 0 Å². The Hall–Kier alpha value is -0.380. The minimum Gasteiger partial charge on any atom is -0.312 e. The Morgan fingerprint density at radius 3 is 3.29 bits per heavy atom. The number of hydrogen-bond acceptors (Lipinski definition) is 3. The highest BCUT2D eigenvalue weighted by Crippen LogP contribution is 2.26. The third-order valence-corrected chi connectivity index (χ3v) is 4.14. The van der Waals surface area contributed by atoms with Crippen LogP contribution in [0.2, 0.25) is 0 Å². The molecule has 1 aromatic rings. The van der Waals surface area contributed by atoms with Crippen molar-refractivity contribution in [1.82, 2.24) is 10.6 Å². The minimum atomic E-state index is 0.826. The predicted octanol–water partition coefficient (Wildman–Crippen LogP) is 1.65. The van der Waals surface area contributed by atoms with Gasteiger partial charge in [0.2, 0.25) is 0 Å². The molecule has 1 aromatic heterocycles. The molecule has 1 fully saturated rings. The van der Waals surface area contributed by atoms with E-state index >= 15 is 0 Å². The van der Waals surface area contributed by atoms with Crippen LogP contribution in [-0.2, 0) is 19.5 Å². The molecule has 14 heavy (non-hydrogen) atoms. The lowest BCUT2D eigenvalue weighted by Crippen LogP contribution is -2.24.